The van der Waals surface area contributed by atoms with Gasteiger partial charge in [-0.05, 0) is 44.9 Å². The van der Waals surface area contributed by atoms with Crippen LogP contribution in [0.1, 0.15) is 34.6 Å². The van der Waals surface area contributed by atoms with Crippen molar-refractivity contribution in [3.63, 3.8) is 0 Å². The quantitative estimate of drug-likeness (QED) is 0.305. The number of nitrogens with zero attached hydrogens (tertiary/aromatic N) is 1. The third-order valence-corrected chi connectivity index (χ3v) is 3.13. The molecule has 24 heavy (non-hydrogen) atoms. The second-order valence-corrected chi connectivity index (χ2v) is 4.94. The summed E-state index contributed by atoms with van der Waals surface area (Å²) >= 11 is 0. The maximum Gasteiger partial charge on any atom is 0.418 e. The Bertz CT molecular complexity index is 656. The lowest BCUT2D eigenvalue weighted by molar-refractivity contribution is -0.113. The molecule has 132 valence electrons. The summed E-state index contributed by atoms with van der Waals surface area (Å²) in [6, 6.07) is 0. The number of hydrogen-bond donors (Lipinski definition) is 1. The van der Waals surface area contributed by atoms with Crippen LogP contribution in [0, 0.1) is 0 Å². The van der Waals surface area contributed by atoms with Gasteiger partial charge in [-0.25, -0.2) is 4.99 Å². The maximum atomic E-state index is 13.4. The molecule has 0 fully saturated rings. The normalized spacial score (nSPS) is 16.0. The average molecular weight is 341 g/mol. The van der Waals surface area contributed by atoms with Gasteiger partial charge in [-0.1, -0.05) is 24.8 Å². The van der Waals surface area contributed by atoms with E-state index in [4.69, 9.17) is 0 Å². The number of rotatable bonds is 6. The van der Waals surface area contributed by atoms with Gasteiger partial charge in [0.15, 0.2) is 5.78 Å². The fraction of sp³-hybridized carbons (Fsp3) is 0.333. The van der Waals surface area contributed by atoms with Crippen molar-refractivity contribution in [1.82, 2.24) is 0 Å². The molecule has 0 radical (unpaired) electrons. The third-order valence-electron chi connectivity index (χ3n) is 3.13. The van der Waals surface area contributed by atoms with E-state index < -0.39 is 34.7 Å². The smallest absolute Gasteiger partial charge is 0.418 e. The zero-order chi connectivity index (χ0) is 19.1. The predicted octanol–water partition coefficient (Wildman–Crippen LogP) is 5.39. The van der Waals surface area contributed by atoms with Gasteiger partial charge in [0.25, 0.3) is 0 Å². The lowest BCUT2D eigenvalue weighted by Crippen LogP contribution is -2.19. The number of aliphatic imine (C=N–C) groups is 1. The van der Waals surface area contributed by atoms with Crippen LogP contribution in [0.25, 0.3) is 0 Å². The Kier molecular flexibility index (Phi) is 8.16. The number of carbonyl (C=O) groups is 1. The van der Waals surface area contributed by atoms with Gasteiger partial charge in [0.2, 0.25) is 0 Å². The zero-order valence-electron chi connectivity index (χ0n) is 14.5. The van der Waals surface area contributed by atoms with Crippen LogP contribution in [-0.2, 0) is 4.79 Å². The Labute approximate surface area is 140 Å². The summed E-state index contributed by atoms with van der Waals surface area (Å²) in [4.78, 5) is 15.1. The average Bonchev–Trinajstić information content (AvgIpc) is 2.46. The molecule has 0 bridgehead atoms. The first-order valence-corrected chi connectivity index (χ1v) is 7.20. The number of aliphatic hydroxyl groups excluding tert-OH is 1. The van der Waals surface area contributed by atoms with Crippen LogP contribution in [-0.4, -0.2) is 22.8 Å². The first-order valence-electron chi connectivity index (χ1n) is 7.20. The Hall–Kier alpha value is -2.37. The second-order valence-electron chi connectivity index (χ2n) is 4.94. The van der Waals surface area contributed by atoms with Crippen LogP contribution >= 0.6 is 0 Å². The van der Waals surface area contributed by atoms with Gasteiger partial charge in [0.05, 0.1) is 11.3 Å². The van der Waals surface area contributed by atoms with Crippen LogP contribution in [0.5, 0.6) is 0 Å². The van der Waals surface area contributed by atoms with Gasteiger partial charge >= 0.3 is 6.18 Å². The van der Waals surface area contributed by atoms with Crippen molar-refractivity contribution in [3.8, 4) is 0 Å². The number of allylic oxidation sites excluding steroid dienone is 9. The van der Waals surface area contributed by atoms with Gasteiger partial charge in [0.1, 0.15) is 11.5 Å². The molecule has 3 nitrogen and oxygen atoms in total. The van der Waals surface area contributed by atoms with Crippen LogP contribution in [0.4, 0.5) is 13.2 Å². The van der Waals surface area contributed by atoms with Crippen molar-refractivity contribution in [1.29, 1.82) is 0 Å². The summed E-state index contributed by atoms with van der Waals surface area (Å²) in [6.45, 7) is 10.3. The minimum absolute atomic E-state index is 0.323. The number of ketones is 1. The first-order chi connectivity index (χ1) is 11.0. The highest BCUT2D eigenvalue weighted by Crippen LogP contribution is 2.30. The van der Waals surface area contributed by atoms with E-state index in [0.29, 0.717) is 11.1 Å². The monoisotopic (exact) mass is 341 g/mol. The van der Waals surface area contributed by atoms with E-state index >= 15 is 0 Å². The van der Waals surface area contributed by atoms with Gasteiger partial charge in [-0.15, -0.1) is 0 Å². The largest absolute Gasteiger partial charge is 0.510 e. The first kappa shape index (κ1) is 21.6. The van der Waals surface area contributed by atoms with Gasteiger partial charge in [-0.2, -0.15) is 13.2 Å². The molecule has 0 saturated carbocycles. The van der Waals surface area contributed by atoms with Crippen molar-refractivity contribution >= 4 is 11.5 Å². The molecule has 0 aliphatic carbocycles. The molecule has 0 heterocycles. The number of hydrogen-bond acceptors (Lipinski definition) is 3. The molecule has 0 rings (SSSR count). The molecule has 0 atom stereocenters. The highest BCUT2D eigenvalue weighted by molar-refractivity contribution is 6.04. The Morgan fingerprint density at radius 2 is 1.58 bits per heavy atom. The topological polar surface area (TPSA) is 49.7 Å². The fourth-order valence-corrected chi connectivity index (χ4v) is 1.92. The van der Waals surface area contributed by atoms with Gasteiger partial charge in [-0.3, -0.25) is 4.79 Å². The van der Waals surface area contributed by atoms with Crippen molar-refractivity contribution < 1.29 is 23.1 Å². The Morgan fingerprint density at radius 1 is 1.08 bits per heavy atom. The Morgan fingerprint density at radius 3 is 1.88 bits per heavy atom. The standard InChI is InChI=1S/C18H22F3NO2/c1-7-14(8-2)15(9-3)10-16(18(19,20)21)11(4)22-17(12(5)23)13(6)24/h7-10,23H,1H2,2-6H3/b14-8+,15-9+,16-10+,17-12+,22-11-. The zero-order valence-corrected chi connectivity index (χ0v) is 14.5. The molecule has 0 saturated heterocycles. The predicted molar refractivity (Wildman–Crippen MR) is 91.0 cm³/mol. The van der Waals surface area contributed by atoms with Crippen molar-refractivity contribution in [2.24, 2.45) is 4.99 Å². The molecule has 0 aromatic rings. The molecule has 0 spiro atoms. The summed E-state index contributed by atoms with van der Waals surface area (Å²) in [5.74, 6) is -1.06. The van der Waals surface area contributed by atoms with E-state index in [1.165, 1.54) is 19.1 Å². The fourth-order valence-electron chi connectivity index (χ4n) is 1.92. The van der Waals surface area contributed by atoms with E-state index in [0.717, 1.165) is 19.9 Å². The minimum Gasteiger partial charge on any atom is -0.510 e. The van der Waals surface area contributed by atoms with Crippen molar-refractivity contribution in [2.45, 2.75) is 40.8 Å². The summed E-state index contributed by atoms with van der Waals surface area (Å²) in [7, 11) is 0. The molecular formula is C18H22F3NO2. The van der Waals surface area contributed by atoms with Crippen molar-refractivity contribution in [2.75, 3.05) is 0 Å². The van der Waals surface area contributed by atoms with E-state index in [1.54, 1.807) is 19.9 Å². The minimum atomic E-state index is -4.67. The lowest BCUT2D eigenvalue weighted by atomic mass is 10.00. The molecule has 0 aliphatic heterocycles. The van der Waals surface area contributed by atoms with E-state index in [2.05, 4.69) is 11.6 Å². The third kappa shape index (κ3) is 6.02. The van der Waals surface area contributed by atoms with Crippen LogP contribution < -0.4 is 0 Å². The van der Waals surface area contributed by atoms with E-state index in [9.17, 15) is 23.1 Å². The van der Waals surface area contributed by atoms with Gasteiger partial charge in [0, 0.05) is 6.92 Å². The summed E-state index contributed by atoms with van der Waals surface area (Å²) < 4.78 is 40.2. The molecule has 6 heteroatoms. The van der Waals surface area contributed by atoms with Crippen LogP contribution in [0.2, 0.25) is 0 Å². The SMILES string of the molecule is C=CC(=C\C)/C(=C/C)/C=C(\C(C)=N/C(C(C)=O)=C(\C)O)C(F)(F)F. The summed E-state index contributed by atoms with van der Waals surface area (Å²) in [5, 5.41) is 9.43. The summed E-state index contributed by atoms with van der Waals surface area (Å²) in [5.41, 5.74) is -0.965. The van der Waals surface area contributed by atoms with Crippen LogP contribution in [0.15, 0.2) is 64.1 Å². The molecule has 1 N–H and O–H groups in total. The molecule has 0 aliphatic rings. The molecule has 0 unspecified atom stereocenters. The van der Waals surface area contributed by atoms with E-state index in [1.807, 2.05) is 0 Å². The van der Waals surface area contributed by atoms with Crippen LogP contribution in [0.3, 0.4) is 0 Å². The van der Waals surface area contributed by atoms with Gasteiger partial charge < -0.3 is 5.11 Å². The molecule has 0 amide bonds. The number of aliphatic hydroxyl groups is 1. The summed E-state index contributed by atoms with van der Waals surface area (Å²) in [6.07, 6.45) is 0.881. The molecular weight excluding hydrogens is 319 g/mol. The lowest BCUT2D eigenvalue weighted by Gasteiger charge is -2.14. The maximum absolute atomic E-state index is 13.4. The Balaban J connectivity index is 6.36. The number of carbonyl (C=O) groups excluding carboxylic acids is 1. The molecule has 0 aromatic heterocycles. The van der Waals surface area contributed by atoms with E-state index in [-0.39, 0.29) is 0 Å². The number of halogens is 3. The number of alkyl halides is 3. The second kappa shape index (κ2) is 9.05. The number of Topliss-reactive ketones (excluding diaryl/α,β-unsaturated/α-hetero) is 1. The highest BCUT2D eigenvalue weighted by atomic mass is 19.4. The van der Waals surface area contributed by atoms with Crippen molar-refractivity contribution in [3.05, 3.63) is 59.1 Å². The highest BCUT2D eigenvalue weighted by Gasteiger charge is 2.36. The molecule has 0 aromatic carbocycles.